The molecule has 0 atom stereocenters. The molecule has 25 heavy (non-hydrogen) atoms. The Morgan fingerprint density at radius 3 is 2.84 bits per heavy atom. The van der Waals surface area contributed by atoms with Gasteiger partial charge < -0.3 is 15.4 Å². The van der Waals surface area contributed by atoms with Crippen LogP contribution in [0.4, 0.5) is 0 Å². The van der Waals surface area contributed by atoms with Gasteiger partial charge in [-0.05, 0) is 49.9 Å². The van der Waals surface area contributed by atoms with Gasteiger partial charge in [-0.3, -0.25) is 5.10 Å². The number of nitrogens with one attached hydrogen (secondary N) is 3. The van der Waals surface area contributed by atoms with Crippen LogP contribution in [0.1, 0.15) is 30.2 Å². The first kappa shape index (κ1) is 21.3. The third-order valence-electron chi connectivity index (χ3n) is 3.75. The molecule has 0 spiro atoms. The molecule has 0 aliphatic heterocycles. The van der Waals surface area contributed by atoms with Crippen molar-refractivity contribution in [2.24, 2.45) is 4.99 Å². The lowest BCUT2D eigenvalue weighted by molar-refractivity contribution is 0.414. The maximum absolute atomic E-state index is 5.25. The van der Waals surface area contributed by atoms with Crippen LogP contribution in [0, 0.1) is 6.92 Å². The van der Waals surface area contributed by atoms with Gasteiger partial charge >= 0.3 is 0 Å². The van der Waals surface area contributed by atoms with E-state index < -0.39 is 0 Å². The zero-order chi connectivity index (χ0) is 17.2. The molecule has 6 nitrogen and oxygen atoms in total. The number of rotatable bonds is 8. The van der Waals surface area contributed by atoms with Crippen LogP contribution in [0.15, 0.2) is 35.5 Å². The van der Waals surface area contributed by atoms with Crippen molar-refractivity contribution >= 4 is 29.9 Å². The van der Waals surface area contributed by atoms with Gasteiger partial charge in [0.25, 0.3) is 0 Å². The lowest BCUT2D eigenvalue weighted by Gasteiger charge is -2.11. The molecular weight excluding hydrogens is 429 g/mol. The zero-order valence-electron chi connectivity index (χ0n) is 15.1. The van der Waals surface area contributed by atoms with E-state index in [9.17, 15) is 0 Å². The maximum Gasteiger partial charge on any atom is 0.191 e. The summed E-state index contributed by atoms with van der Waals surface area (Å²) in [6.45, 7) is 6.44. The molecule has 0 unspecified atom stereocenters. The van der Waals surface area contributed by atoms with E-state index in [2.05, 4.69) is 45.7 Å². The van der Waals surface area contributed by atoms with Crippen molar-refractivity contribution in [1.82, 2.24) is 20.8 Å². The van der Waals surface area contributed by atoms with E-state index in [0.29, 0.717) is 6.54 Å². The van der Waals surface area contributed by atoms with E-state index in [1.54, 1.807) is 7.11 Å². The molecule has 2 rings (SSSR count). The average molecular weight is 457 g/mol. The Labute approximate surface area is 166 Å². The zero-order valence-corrected chi connectivity index (χ0v) is 17.5. The van der Waals surface area contributed by atoms with Gasteiger partial charge in [0.05, 0.1) is 19.9 Å². The number of aromatic nitrogens is 2. The van der Waals surface area contributed by atoms with E-state index in [4.69, 9.17) is 4.74 Å². The van der Waals surface area contributed by atoms with E-state index in [1.165, 1.54) is 5.56 Å². The second-order valence-electron chi connectivity index (χ2n) is 5.60. The van der Waals surface area contributed by atoms with E-state index >= 15 is 0 Å². The molecule has 0 aliphatic rings. The molecule has 2 aromatic rings. The van der Waals surface area contributed by atoms with Crippen molar-refractivity contribution in [2.75, 3.05) is 20.2 Å². The van der Waals surface area contributed by atoms with Gasteiger partial charge in [-0.25, -0.2) is 4.99 Å². The van der Waals surface area contributed by atoms with Crippen molar-refractivity contribution in [3.05, 3.63) is 47.3 Å². The summed E-state index contributed by atoms with van der Waals surface area (Å²) < 4.78 is 5.25. The summed E-state index contributed by atoms with van der Waals surface area (Å²) in [6.07, 6.45) is 3.94. The summed E-state index contributed by atoms with van der Waals surface area (Å²) in [7, 11) is 1.68. The molecular formula is C18H28IN5O. The first-order valence-electron chi connectivity index (χ1n) is 8.37. The largest absolute Gasteiger partial charge is 0.497 e. The van der Waals surface area contributed by atoms with Crippen LogP contribution in [-0.4, -0.2) is 36.4 Å². The van der Waals surface area contributed by atoms with Gasteiger partial charge in [0.1, 0.15) is 5.75 Å². The van der Waals surface area contributed by atoms with Crippen molar-refractivity contribution in [1.29, 1.82) is 0 Å². The fraction of sp³-hybridized carbons (Fsp3) is 0.444. The highest BCUT2D eigenvalue weighted by molar-refractivity contribution is 14.0. The van der Waals surface area contributed by atoms with Crippen LogP contribution in [-0.2, 0) is 13.0 Å². The molecule has 0 bridgehead atoms. The average Bonchev–Trinajstić information content (AvgIpc) is 3.01. The molecule has 1 aromatic carbocycles. The summed E-state index contributed by atoms with van der Waals surface area (Å²) in [5, 5.41) is 13.7. The maximum atomic E-state index is 5.25. The molecule has 0 amide bonds. The van der Waals surface area contributed by atoms with E-state index in [-0.39, 0.29) is 24.0 Å². The second kappa shape index (κ2) is 11.7. The Balaban J connectivity index is 0.00000312. The lowest BCUT2D eigenvalue weighted by atomic mass is 10.1. The molecule has 0 radical (unpaired) electrons. The standard InChI is InChI=1S/C18H27N5O.HI/c1-4-19-18(20-10-6-8-16-13-22-23-14(16)2)21-12-15-7-5-9-17(11-15)24-3;/h5,7,9,11,13H,4,6,8,10,12H2,1-3H3,(H,22,23)(H2,19,20,21);1H. The predicted octanol–water partition coefficient (Wildman–Crippen LogP) is 3.03. The molecule has 0 saturated carbocycles. The Morgan fingerprint density at radius 2 is 2.16 bits per heavy atom. The number of methoxy groups -OCH3 is 1. The Kier molecular flexibility index (Phi) is 9.98. The molecule has 138 valence electrons. The SMILES string of the molecule is CCNC(=NCc1cccc(OC)c1)NCCCc1cn[nH]c1C.I. The molecule has 1 aromatic heterocycles. The summed E-state index contributed by atoms with van der Waals surface area (Å²) in [5.41, 5.74) is 3.55. The normalized spacial score (nSPS) is 10.9. The lowest BCUT2D eigenvalue weighted by Crippen LogP contribution is -2.37. The number of hydrogen-bond donors (Lipinski definition) is 3. The number of ether oxygens (including phenoxy) is 1. The number of aromatic amines is 1. The van der Waals surface area contributed by atoms with Gasteiger partial charge in [-0.1, -0.05) is 12.1 Å². The van der Waals surface area contributed by atoms with E-state index in [1.807, 2.05) is 24.4 Å². The molecule has 0 aliphatic carbocycles. The predicted molar refractivity (Wildman–Crippen MR) is 113 cm³/mol. The fourth-order valence-corrected chi connectivity index (χ4v) is 2.40. The summed E-state index contributed by atoms with van der Waals surface area (Å²) >= 11 is 0. The number of aliphatic imine (C=N–C) groups is 1. The monoisotopic (exact) mass is 457 g/mol. The van der Waals surface area contributed by atoms with Gasteiger partial charge in [-0.15, -0.1) is 24.0 Å². The highest BCUT2D eigenvalue weighted by Gasteiger charge is 2.02. The quantitative estimate of drug-likeness (QED) is 0.247. The second-order valence-corrected chi connectivity index (χ2v) is 5.60. The highest BCUT2D eigenvalue weighted by Crippen LogP contribution is 2.13. The summed E-state index contributed by atoms with van der Waals surface area (Å²) in [4.78, 5) is 4.63. The van der Waals surface area contributed by atoms with Crippen LogP contribution in [0.5, 0.6) is 5.75 Å². The van der Waals surface area contributed by atoms with Gasteiger partial charge in [0.15, 0.2) is 5.96 Å². The van der Waals surface area contributed by atoms with Crippen LogP contribution < -0.4 is 15.4 Å². The Bertz CT molecular complexity index is 656. The Hall–Kier alpha value is -1.77. The van der Waals surface area contributed by atoms with Crippen molar-refractivity contribution in [2.45, 2.75) is 33.2 Å². The Morgan fingerprint density at radius 1 is 1.32 bits per heavy atom. The minimum Gasteiger partial charge on any atom is -0.497 e. The van der Waals surface area contributed by atoms with Crippen molar-refractivity contribution < 1.29 is 4.74 Å². The highest BCUT2D eigenvalue weighted by atomic mass is 127. The fourth-order valence-electron chi connectivity index (χ4n) is 2.40. The topological polar surface area (TPSA) is 74.3 Å². The number of halogens is 1. The van der Waals surface area contributed by atoms with Crippen LogP contribution >= 0.6 is 24.0 Å². The number of hydrogen-bond acceptors (Lipinski definition) is 3. The third-order valence-corrected chi connectivity index (χ3v) is 3.75. The number of aryl methyl sites for hydroxylation is 2. The third kappa shape index (κ3) is 7.33. The molecule has 7 heteroatoms. The van der Waals surface area contributed by atoms with Crippen LogP contribution in [0.2, 0.25) is 0 Å². The molecule has 1 heterocycles. The van der Waals surface area contributed by atoms with Crippen LogP contribution in [0.3, 0.4) is 0 Å². The van der Waals surface area contributed by atoms with Gasteiger partial charge in [0, 0.05) is 18.8 Å². The number of nitrogens with zero attached hydrogens (tertiary/aromatic N) is 2. The number of guanidine groups is 1. The van der Waals surface area contributed by atoms with Crippen molar-refractivity contribution in [3.63, 3.8) is 0 Å². The summed E-state index contributed by atoms with van der Waals surface area (Å²) in [6, 6.07) is 7.98. The number of benzene rings is 1. The minimum absolute atomic E-state index is 0. The minimum atomic E-state index is 0. The smallest absolute Gasteiger partial charge is 0.191 e. The van der Waals surface area contributed by atoms with Gasteiger partial charge in [0.2, 0.25) is 0 Å². The van der Waals surface area contributed by atoms with E-state index in [0.717, 1.165) is 48.9 Å². The number of H-pyrrole nitrogens is 1. The first-order valence-corrected chi connectivity index (χ1v) is 8.37. The van der Waals surface area contributed by atoms with Gasteiger partial charge in [-0.2, -0.15) is 5.10 Å². The van der Waals surface area contributed by atoms with Crippen LogP contribution in [0.25, 0.3) is 0 Å². The first-order chi connectivity index (χ1) is 11.7. The summed E-state index contributed by atoms with van der Waals surface area (Å²) in [5.74, 6) is 1.69. The molecule has 3 N–H and O–H groups in total. The van der Waals surface area contributed by atoms with Crippen molar-refractivity contribution in [3.8, 4) is 5.75 Å². The molecule has 0 fully saturated rings. The molecule has 0 saturated heterocycles.